The number of phenols is 1. The highest BCUT2D eigenvalue weighted by Gasteiger charge is 2.21. The van der Waals surface area contributed by atoms with Crippen molar-refractivity contribution in [1.82, 2.24) is 4.90 Å². The standard InChI is InChI=1S/C14H17NO4/c16-10-13-9-15(7-8-19-13)14(18)6-3-11-1-4-12(17)5-2-11/h1-6,13,16-17H,7-10H2/b6-3+. The van der Waals surface area contributed by atoms with E-state index >= 15 is 0 Å². The summed E-state index contributed by atoms with van der Waals surface area (Å²) in [7, 11) is 0. The number of aliphatic hydroxyl groups is 1. The molecule has 5 heteroatoms. The number of benzene rings is 1. The average Bonchev–Trinajstić information content (AvgIpc) is 2.46. The van der Waals surface area contributed by atoms with Crippen molar-refractivity contribution in [3.8, 4) is 5.75 Å². The van der Waals surface area contributed by atoms with Crippen LogP contribution in [0.2, 0.25) is 0 Å². The molecule has 1 fully saturated rings. The molecule has 102 valence electrons. The normalized spacial score (nSPS) is 19.8. The van der Waals surface area contributed by atoms with Gasteiger partial charge in [0.15, 0.2) is 0 Å². The first-order chi connectivity index (χ1) is 9.19. The number of hydrogen-bond donors (Lipinski definition) is 2. The lowest BCUT2D eigenvalue weighted by Crippen LogP contribution is -2.46. The summed E-state index contributed by atoms with van der Waals surface area (Å²) in [6, 6.07) is 6.60. The predicted molar refractivity (Wildman–Crippen MR) is 70.5 cm³/mol. The third kappa shape index (κ3) is 3.81. The van der Waals surface area contributed by atoms with Crippen LogP contribution in [0.5, 0.6) is 5.75 Å². The van der Waals surface area contributed by atoms with Gasteiger partial charge in [0.25, 0.3) is 0 Å². The smallest absolute Gasteiger partial charge is 0.246 e. The highest BCUT2D eigenvalue weighted by atomic mass is 16.5. The molecule has 1 atom stereocenters. The van der Waals surface area contributed by atoms with Crippen LogP contribution in [0.4, 0.5) is 0 Å². The van der Waals surface area contributed by atoms with Gasteiger partial charge in [-0.1, -0.05) is 12.1 Å². The Hall–Kier alpha value is -1.85. The summed E-state index contributed by atoms with van der Waals surface area (Å²) >= 11 is 0. The molecule has 1 amide bonds. The number of hydrogen-bond acceptors (Lipinski definition) is 4. The first kappa shape index (κ1) is 13.6. The van der Waals surface area contributed by atoms with Gasteiger partial charge >= 0.3 is 0 Å². The highest BCUT2D eigenvalue weighted by molar-refractivity contribution is 5.91. The number of carbonyl (C=O) groups is 1. The van der Waals surface area contributed by atoms with Crippen LogP contribution in [0.3, 0.4) is 0 Å². The second-order valence-electron chi connectivity index (χ2n) is 4.38. The Balaban J connectivity index is 1.94. The van der Waals surface area contributed by atoms with Gasteiger partial charge in [-0.15, -0.1) is 0 Å². The van der Waals surface area contributed by atoms with E-state index in [4.69, 9.17) is 14.9 Å². The van der Waals surface area contributed by atoms with Crippen LogP contribution in [-0.2, 0) is 9.53 Å². The molecule has 0 spiro atoms. The van der Waals surface area contributed by atoms with Gasteiger partial charge in [-0.05, 0) is 23.8 Å². The molecular formula is C14H17NO4. The largest absolute Gasteiger partial charge is 0.508 e. The monoisotopic (exact) mass is 263 g/mol. The molecule has 0 radical (unpaired) electrons. The van der Waals surface area contributed by atoms with Crippen LogP contribution in [0.15, 0.2) is 30.3 Å². The van der Waals surface area contributed by atoms with Gasteiger partial charge < -0.3 is 19.8 Å². The number of ether oxygens (including phenoxy) is 1. The minimum atomic E-state index is -0.292. The van der Waals surface area contributed by atoms with Gasteiger partial charge in [0.2, 0.25) is 5.91 Å². The third-order valence-corrected chi connectivity index (χ3v) is 2.97. The number of morpholine rings is 1. The van der Waals surface area contributed by atoms with Gasteiger partial charge in [-0.2, -0.15) is 0 Å². The first-order valence-electron chi connectivity index (χ1n) is 6.17. The molecule has 1 unspecified atom stereocenters. The van der Waals surface area contributed by atoms with Crippen LogP contribution >= 0.6 is 0 Å². The van der Waals surface area contributed by atoms with Crippen molar-refractivity contribution in [2.24, 2.45) is 0 Å². The van der Waals surface area contributed by atoms with Gasteiger partial charge in [0.05, 0.1) is 19.3 Å². The van der Waals surface area contributed by atoms with E-state index < -0.39 is 0 Å². The molecule has 1 aromatic rings. The van der Waals surface area contributed by atoms with Crippen molar-refractivity contribution in [3.05, 3.63) is 35.9 Å². The fourth-order valence-corrected chi connectivity index (χ4v) is 1.89. The number of amides is 1. The summed E-state index contributed by atoms with van der Waals surface area (Å²) < 4.78 is 5.29. The van der Waals surface area contributed by atoms with Gasteiger partial charge in [0, 0.05) is 19.2 Å². The van der Waals surface area contributed by atoms with E-state index in [0.717, 1.165) is 5.56 Å². The zero-order valence-electron chi connectivity index (χ0n) is 10.5. The van der Waals surface area contributed by atoms with E-state index in [-0.39, 0.29) is 24.4 Å². The number of rotatable bonds is 3. The Morgan fingerprint density at radius 1 is 1.42 bits per heavy atom. The Morgan fingerprint density at radius 2 is 2.16 bits per heavy atom. The van der Waals surface area contributed by atoms with Crippen molar-refractivity contribution in [2.45, 2.75) is 6.10 Å². The lowest BCUT2D eigenvalue weighted by Gasteiger charge is -2.31. The molecule has 19 heavy (non-hydrogen) atoms. The van der Waals surface area contributed by atoms with E-state index in [1.54, 1.807) is 35.2 Å². The molecule has 1 aliphatic heterocycles. The van der Waals surface area contributed by atoms with Crippen molar-refractivity contribution < 1.29 is 19.7 Å². The number of nitrogens with zero attached hydrogens (tertiary/aromatic N) is 1. The molecule has 2 rings (SSSR count). The van der Waals surface area contributed by atoms with Gasteiger partial charge in [-0.3, -0.25) is 4.79 Å². The quantitative estimate of drug-likeness (QED) is 0.785. The maximum Gasteiger partial charge on any atom is 0.246 e. The maximum atomic E-state index is 12.0. The van der Waals surface area contributed by atoms with E-state index in [2.05, 4.69) is 0 Å². The second kappa shape index (κ2) is 6.36. The molecular weight excluding hydrogens is 246 g/mol. The summed E-state index contributed by atoms with van der Waals surface area (Å²) in [5, 5.41) is 18.2. The molecule has 0 saturated carbocycles. The highest BCUT2D eigenvalue weighted by Crippen LogP contribution is 2.11. The summed E-state index contributed by atoms with van der Waals surface area (Å²) in [6.45, 7) is 1.32. The molecule has 1 saturated heterocycles. The SMILES string of the molecule is O=C(/C=C/c1ccc(O)cc1)N1CCOC(CO)C1. The third-order valence-electron chi connectivity index (χ3n) is 2.97. The van der Waals surface area contributed by atoms with Gasteiger partial charge in [-0.25, -0.2) is 0 Å². The van der Waals surface area contributed by atoms with Crippen LogP contribution in [0.1, 0.15) is 5.56 Å². The molecule has 0 aliphatic carbocycles. The molecule has 0 aromatic heterocycles. The van der Waals surface area contributed by atoms with Gasteiger partial charge in [0.1, 0.15) is 5.75 Å². The Labute approximate surface area is 111 Å². The fourth-order valence-electron chi connectivity index (χ4n) is 1.89. The van der Waals surface area contributed by atoms with E-state index in [0.29, 0.717) is 19.7 Å². The van der Waals surface area contributed by atoms with Crippen molar-refractivity contribution in [2.75, 3.05) is 26.3 Å². The number of phenolic OH excluding ortho intramolecular Hbond substituents is 1. The minimum absolute atomic E-state index is 0.0779. The number of aromatic hydroxyl groups is 1. The minimum Gasteiger partial charge on any atom is -0.508 e. The summed E-state index contributed by atoms with van der Waals surface area (Å²) in [5.41, 5.74) is 0.845. The fraction of sp³-hybridized carbons (Fsp3) is 0.357. The summed E-state index contributed by atoms with van der Waals surface area (Å²) in [6.07, 6.45) is 2.90. The first-order valence-corrected chi connectivity index (χ1v) is 6.17. The van der Waals surface area contributed by atoms with Crippen molar-refractivity contribution in [1.29, 1.82) is 0 Å². The van der Waals surface area contributed by atoms with E-state index in [1.807, 2.05) is 0 Å². The lowest BCUT2D eigenvalue weighted by atomic mass is 10.2. The van der Waals surface area contributed by atoms with Crippen molar-refractivity contribution in [3.63, 3.8) is 0 Å². The van der Waals surface area contributed by atoms with E-state index in [1.165, 1.54) is 6.08 Å². The zero-order valence-corrected chi connectivity index (χ0v) is 10.5. The van der Waals surface area contributed by atoms with E-state index in [9.17, 15) is 4.79 Å². The van der Waals surface area contributed by atoms with Crippen LogP contribution < -0.4 is 0 Å². The Bertz CT molecular complexity index is 455. The molecule has 1 aliphatic rings. The number of aliphatic hydroxyl groups excluding tert-OH is 1. The maximum absolute atomic E-state index is 12.0. The summed E-state index contributed by atoms with van der Waals surface area (Å²) in [5.74, 6) is 0.0947. The second-order valence-corrected chi connectivity index (χ2v) is 4.38. The van der Waals surface area contributed by atoms with Crippen LogP contribution in [0.25, 0.3) is 6.08 Å². The summed E-state index contributed by atoms with van der Waals surface area (Å²) in [4.78, 5) is 13.6. The molecule has 2 N–H and O–H groups in total. The zero-order chi connectivity index (χ0) is 13.7. The predicted octanol–water partition coefficient (Wildman–Crippen LogP) is 0.625. The number of carbonyl (C=O) groups excluding carboxylic acids is 1. The molecule has 0 bridgehead atoms. The molecule has 1 aromatic carbocycles. The Morgan fingerprint density at radius 3 is 2.84 bits per heavy atom. The van der Waals surface area contributed by atoms with Crippen LogP contribution in [-0.4, -0.2) is 53.4 Å². The topological polar surface area (TPSA) is 70.0 Å². The van der Waals surface area contributed by atoms with Crippen molar-refractivity contribution >= 4 is 12.0 Å². The Kier molecular flexibility index (Phi) is 4.54. The lowest BCUT2D eigenvalue weighted by molar-refractivity contribution is -0.134. The molecule has 1 heterocycles. The van der Waals surface area contributed by atoms with Crippen LogP contribution in [0, 0.1) is 0 Å². The molecule has 5 nitrogen and oxygen atoms in total. The average molecular weight is 263 g/mol.